The van der Waals surface area contributed by atoms with Gasteiger partial charge in [0.1, 0.15) is 5.82 Å². The predicted molar refractivity (Wildman–Crippen MR) is 75.2 cm³/mol. The monoisotopic (exact) mass is 314 g/mol. The number of nitrogens with zero attached hydrogens (tertiary/aromatic N) is 2. The summed E-state index contributed by atoms with van der Waals surface area (Å²) in [6, 6.07) is 0. The summed E-state index contributed by atoms with van der Waals surface area (Å²) in [4.78, 5) is 8.09. The van der Waals surface area contributed by atoms with Gasteiger partial charge in [-0.25, -0.2) is 4.98 Å². The first-order valence-electron chi connectivity index (χ1n) is 6.22. The topological polar surface area (TPSA) is 84.1 Å². The summed E-state index contributed by atoms with van der Waals surface area (Å²) in [5.41, 5.74) is 5.31. The number of nitrogens with one attached hydrogen (secondary N) is 1. The maximum Gasteiger partial charge on any atom is 0.221 e. The van der Waals surface area contributed by atoms with Crippen molar-refractivity contribution in [2.45, 2.75) is 38.1 Å². The zero-order valence-corrected chi connectivity index (χ0v) is 12.1. The Morgan fingerprint density at radius 3 is 2.83 bits per heavy atom. The van der Waals surface area contributed by atoms with Gasteiger partial charge in [0.05, 0.1) is 16.6 Å². The van der Waals surface area contributed by atoms with Gasteiger partial charge in [0, 0.05) is 6.20 Å². The molecule has 1 fully saturated rings. The normalized spacial score (nSPS) is 28.1. The Morgan fingerprint density at radius 2 is 2.22 bits per heavy atom. The average Bonchev–Trinajstić information content (AvgIpc) is 2.37. The van der Waals surface area contributed by atoms with Crippen LogP contribution in [0.4, 0.5) is 11.8 Å². The van der Waals surface area contributed by atoms with Crippen LogP contribution in [-0.2, 0) is 0 Å². The van der Waals surface area contributed by atoms with Gasteiger partial charge < -0.3 is 16.2 Å². The van der Waals surface area contributed by atoms with Crippen LogP contribution in [-0.4, -0.2) is 27.2 Å². The summed E-state index contributed by atoms with van der Waals surface area (Å²) in [6.45, 7) is 2.36. The van der Waals surface area contributed by atoms with E-state index in [1.54, 1.807) is 6.20 Å². The number of hydrogen-bond donors (Lipinski definition) is 3. The highest BCUT2D eigenvalue weighted by molar-refractivity contribution is 9.10. The Balaban J connectivity index is 2.17. The summed E-state index contributed by atoms with van der Waals surface area (Å²) in [5.74, 6) is 1.62. The standard InChI is InChI=1S/C12H19BrN4O/c1-8-2-4-12(7-18,5-3-8)17-10-9(13)6-15-11(14)16-10/h6,8,18H,2-5,7H2,1H3,(H3,14,15,16,17). The van der Waals surface area contributed by atoms with Crippen LogP contribution in [0.2, 0.25) is 0 Å². The quantitative estimate of drug-likeness (QED) is 0.796. The number of nitrogen functional groups attached to an aromatic ring is 1. The third kappa shape index (κ3) is 2.92. The molecule has 1 heterocycles. The molecule has 18 heavy (non-hydrogen) atoms. The van der Waals surface area contributed by atoms with E-state index in [1.807, 2.05) is 0 Å². The number of halogens is 1. The van der Waals surface area contributed by atoms with E-state index < -0.39 is 0 Å². The van der Waals surface area contributed by atoms with Crippen LogP contribution in [0.25, 0.3) is 0 Å². The average molecular weight is 315 g/mol. The molecule has 100 valence electrons. The van der Waals surface area contributed by atoms with E-state index in [-0.39, 0.29) is 18.1 Å². The van der Waals surface area contributed by atoms with Crippen molar-refractivity contribution in [2.75, 3.05) is 17.7 Å². The number of hydrogen-bond acceptors (Lipinski definition) is 5. The number of rotatable bonds is 3. The van der Waals surface area contributed by atoms with Gasteiger partial charge in [0.15, 0.2) is 0 Å². The summed E-state index contributed by atoms with van der Waals surface area (Å²) in [5, 5.41) is 13.0. The van der Waals surface area contributed by atoms with Crippen molar-refractivity contribution in [3.8, 4) is 0 Å². The van der Waals surface area contributed by atoms with Gasteiger partial charge in [-0.2, -0.15) is 4.98 Å². The van der Waals surface area contributed by atoms with Crippen LogP contribution in [0.15, 0.2) is 10.7 Å². The van der Waals surface area contributed by atoms with Crippen molar-refractivity contribution in [2.24, 2.45) is 5.92 Å². The van der Waals surface area contributed by atoms with Gasteiger partial charge in [0.25, 0.3) is 0 Å². The van der Waals surface area contributed by atoms with Gasteiger partial charge >= 0.3 is 0 Å². The molecule has 0 atom stereocenters. The van der Waals surface area contributed by atoms with Crippen molar-refractivity contribution in [1.82, 2.24) is 9.97 Å². The maximum absolute atomic E-state index is 9.70. The van der Waals surface area contributed by atoms with E-state index in [4.69, 9.17) is 5.73 Å². The van der Waals surface area contributed by atoms with E-state index in [0.717, 1.165) is 36.1 Å². The van der Waals surface area contributed by atoms with Gasteiger partial charge in [-0.05, 0) is 47.5 Å². The molecule has 0 amide bonds. The third-order valence-electron chi connectivity index (χ3n) is 3.68. The smallest absolute Gasteiger partial charge is 0.221 e. The van der Waals surface area contributed by atoms with Crippen molar-refractivity contribution in [3.05, 3.63) is 10.7 Å². The lowest BCUT2D eigenvalue weighted by Gasteiger charge is -2.39. The van der Waals surface area contributed by atoms with Crippen LogP contribution in [0.5, 0.6) is 0 Å². The fourth-order valence-corrected chi connectivity index (χ4v) is 2.65. The summed E-state index contributed by atoms with van der Waals surface area (Å²) < 4.78 is 0.767. The first-order valence-corrected chi connectivity index (χ1v) is 7.01. The lowest BCUT2D eigenvalue weighted by molar-refractivity contribution is 0.155. The molecule has 0 radical (unpaired) electrons. The first kappa shape index (κ1) is 13.5. The van der Waals surface area contributed by atoms with Crippen LogP contribution in [0.3, 0.4) is 0 Å². The Morgan fingerprint density at radius 1 is 1.56 bits per heavy atom. The minimum Gasteiger partial charge on any atom is -0.394 e. The van der Waals surface area contributed by atoms with E-state index in [2.05, 4.69) is 38.1 Å². The molecule has 2 rings (SSSR count). The molecule has 0 aromatic carbocycles. The van der Waals surface area contributed by atoms with Crippen molar-refractivity contribution in [1.29, 1.82) is 0 Å². The third-order valence-corrected chi connectivity index (χ3v) is 4.26. The molecule has 6 heteroatoms. The number of aliphatic hydroxyl groups excluding tert-OH is 1. The molecule has 1 aromatic heterocycles. The maximum atomic E-state index is 9.70. The second-order valence-electron chi connectivity index (χ2n) is 5.17. The molecule has 1 saturated carbocycles. The molecule has 0 aliphatic heterocycles. The molecule has 0 bridgehead atoms. The molecule has 1 aliphatic carbocycles. The highest BCUT2D eigenvalue weighted by atomic mass is 79.9. The molecule has 5 nitrogen and oxygen atoms in total. The number of aliphatic hydroxyl groups is 1. The van der Waals surface area contributed by atoms with Gasteiger partial charge in [-0.1, -0.05) is 6.92 Å². The van der Waals surface area contributed by atoms with Crippen LogP contribution in [0.1, 0.15) is 32.6 Å². The Labute approximate surface area is 115 Å². The van der Waals surface area contributed by atoms with E-state index in [1.165, 1.54) is 0 Å². The summed E-state index contributed by atoms with van der Waals surface area (Å²) >= 11 is 3.40. The number of nitrogens with two attached hydrogens (primary N) is 1. The van der Waals surface area contributed by atoms with E-state index in [0.29, 0.717) is 5.82 Å². The summed E-state index contributed by atoms with van der Waals surface area (Å²) in [6.07, 6.45) is 5.75. The molecular formula is C12H19BrN4O. The predicted octanol–water partition coefficient (Wildman–Crippen LogP) is 2.17. The minimum atomic E-state index is -0.282. The van der Waals surface area contributed by atoms with Crippen LogP contribution < -0.4 is 11.1 Å². The number of anilines is 2. The van der Waals surface area contributed by atoms with E-state index in [9.17, 15) is 5.11 Å². The van der Waals surface area contributed by atoms with Gasteiger partial charge in [-0.15, -0.1) is 0 Å². The molecule has 0 spiro atoms. The second-order valence-corrected chi connectivity index (χ2v) is 6.03. The first-order chi connectivity index (χ1) is 8.54. The molecular weight excluding hydrogens is 296 g/mol. The van der Waals surface area contributed by atoms with Crippen molar-refractivity contribution >= 4 is 27.7 Å². The highest BCUT2D eigenvalue weighted by Gasteiger charge is 2.34. The Hall–Kier alpha value is -0.880. The fraction of sp³-hybridized carbons (Fsp3) is 0.667. The number of aromatic nitrogens is 2. The summed E-state index contributed by atoms with van der Waals surface area (Å²) in [7, 11) is 0. The van der Waals surface area contributed by atoms with E-state index >= 15 is 0 Å². The van der Waals surface area contributed by atoms with Crippen molar-refractivity contribution in [3.63, 3.8) is 0 Å². The second kappa shape index (κ2) is 5.40. The zero-order valence-electron chi connectivity index (χ0n) is 10.5. The minimum absolute atomic E-state index is 0.107. The Bertz CT molecular complexity index is 419. The largest absolute Gasteiger partial charge is 0.394 e. The molecule has 4 N–H and O–H groups in total. The van der Waals surface area contributed by atoms with Crippen LogP contribution >= 0.6 is 15.9 Å². The SMILES string of the molecule is CC1CCC(CO)(Nc2nc(N)ncc2Br)CC1. The van der Waals surface area contributed by atoms with Gasteiger partial charge in [0.2, 0.25) is 5.95 Å². The fourth-order valence-electron chi connectivity index (χ4n) is 2.36. The highest BCUT2D eigenvalue weighted by Crippen LogP contribution is 2.35. The Kier molecular flexibility index (Phi) is 4.07. The lowest BCUT2D eigenvalue weighted by atomic mass is 9.77. The lowest BCUT2D eigenvalue weighted by Crippen LogP contribution is -2.45. The van der Waals surface area contributed by atoms with Crippen molar-refractivity contribution < 1.29 is 5.11 Å². The molecule has 0 saturated heterocycles. The van der Waals surface area contributed by atoms with Gasteiger partial charge in [-0.3, -0.25) is 0 Å². The molecule has 0 unspecified atom stereocenters. The molecule has 1 aromatic rings. The van der Waals surface area contributed by atoms with Crippen LogP contribution in [0, 0.1) is 5.92 Å². The zero-order chi connectivity index (χ0) is 13.2. The molecule has 1 aliphatic rings.